The van der Waals surface area contributed by atoms with Gasteiger partial charge in [0.15, 0.2) is 0 Å². The van der Waals surface area contributed by atoms with Crippen LogP contribution in [0.2, 0.25) is 0 Å². The van der Waals surface area contributed by atoms with Crippen molar-refractivity contribution in [2.24, 2.45) is 11.7 Å². The van der Waals surface area contributed by atoms with E-state index in [0.29, 0.717) is 6.04 Å². The Morgan fingerprint density at radius 1 is 1.33 bits per heavy atom. The molecule has 0 aromatic rings. The lowest BCUT2D eigenvalue weighted by molar-refractivity contribution is 0.145. The molecule has 2 aliphatic rings. The van der Waals surface area contributed by atoms with E-state index in [1.807, 2.05) is 0 Å². The lowest BCUT2D eigenvalue weighted by Gasteiger charge is -2.36. The van der Waals surface area contributed by atoms with Gasteiger partial charge in [-0.25, -0.2) is 0 Å². The molecule has 0 aromatic carbocycles. The fraction of sp³-hybridized carbons (Fsp3) is 1.00. The van der Waals surface area contributed by atoms with Crippen molar-refractivity contribution in [2.45, 2.75) is 44.7 Å². The topological polar surface area (TPSA) is 29.3 Å². The quantitative estimate of drug-likeness (QED) is 0.671. The zero-order valence-corrected chi connectivity index (χ0v) is 8.00. The number of rotatable bonds is 2. The Balaban J connectivity index is 1.87. The van der Waals surface area contributed by atoms with Crippen LogP contribution < -0.4 is 5.73 Å². The van der Waals surface area contributed by atoms with Crippen LogP contribution in [-0.4, -0.2) is 30.1 Å². The third-order valence-electron chi connectivity index (χ3n) is 3.41. The van der Waals surface area contributed by atoms with Gasteiger partial charge in [0.2, 0.25) is 0 Å². The van der Waals surface area contributed by atoms with Crippen molar-refractivity contribution in [2.75, 3.05) is 13.1 Å². The summed E-state index contributed by atoms with van der Waals surface area (Å²) in [6, 6.07) is 1.41. The molecule has 1 saturated carbocycles. The molecule has 1 aliphatic carbocycles. The Hall–Kier alpha value is -0.0800. The Labute approximate surface area is 75.1 Å². The first-order chi connectivity index (χ1) is 5.81. The smallest absolute Gasteiger partial charge is 0.00965 e. The Kier molecular flexibility index (Phi) is 2.37. The second-order valence-corrected chi connectivity index (χ2v) is 4.35. The molecule has 2 fully saturated rings. The highest BCUT2D eigenvalue weighted by atomic mass is 15.2. The first-order valence-electron chi connectivity index (χ1n) is 5.31. The molecule has 2 atom stereocenters. The van der Waals surface area contributed by atoms with Crippen molar-refractivity contribution in [3.05, 3.63) is 0 Å². The summed E-state index contributed by atoms with van der Waals surface area (Å²) in [6.45, 7) is 4.78. The van der Waals surface area contributed by atoms with Gasteiger partial charge in [-0.3, -0.25) is 4.90 Å². The fourth-order valence-corrected chi connectivity index (χ4v) is 2.28. The highest BCUT2D eigenvalue weighted by Gasteiger charge is 2.34. The van der Waals surface area contributed by atoms with E-state index < -0.39 is 0 Å². The summed E-state index contributed by atoms with van der Waals surface area (Å²) in [7, 11) is 0. The first kappa shape index (κ1) is 8.52. The van der Waals surface area contributed by atoms with E-state index in [2.05, 4.69) is 11.8 Å². The van der Waals surface area contributed by atoms with Gasteiger partial charge < -0.3 is 5.73 Å². The minimum atomic E-state index is 0.477. The Morgan fingerprint density at radius 2 is 2.08 bits per heavy atom. The Bertz CT molecular complexity index is 154. The third kappa shape index (κ3) is 1.64. The molecule has 2 nitrogen and oxygen atoms in total. The number of nitrogens with two attached hydrogens (primary N) is 1. The lowest BCUT2D eigenvalue weighted by Crippen LogP contribution is -2.47. The van der Waals surface area contributed by atoms with E-state index in [4.69, 9.17) is 5.73 Å². The first-order valence-corrected chi connectivity index (χ1v) is 5.31. The van der Waals surface area contributed by atoms with E-state index >= 15 is 0 Å². The molecule has 0 amide bonds. The van der Waals surface area contributed by atoms with Crippen LogP contribution in [0.25, 0.3) is 0 Å². The van der Waals surface area contributed by atoms with Crippen molar-refractivity contribution in [1.29, 1.82) is 0 Å². The molecule has 1 heterocycles. The van der Waals surface area contributed by atoms with Crippen LogP contribution in [0.3, 0.4) is 0 Å². The lowest BCUT2D eigenvalue weighted by atomic mass is 9.91. The minimum absolute atomic E-state index is 0.477. The summed E-state index contributed by atoms with van der Waals surface area (Å²) in [5.41, 5.74) is 6.05. The number of hydrogen-bond donors (Lipinski definition) is 1. The van der Waals surface area contributed by atoms with Crippen LogP contribution in [0, 0.1) is 5.92 Å². The molecule has 70 valence electrons. The molecule has 1 aliphatic heterocycles. The predicted molar refractivity (Wildman–Crippen MR) is 51.0 cm³/mol. The zero-order chi connectivity index (χ0) is 8.55. The summed E-state index contributed by atoms with van der Waals surface area (Å²) < 4.78 is 0. The second-order valence-electron chi connectivity index (χ2n) is 4.35. The molecule has 1 saturated heterocycles. The summed E-state index contributed by atoms with van der Waals surface area (Å²) in [4.78, 5) is 2.65. The SMILES string of the molecule is CCC1CN(C2CC2)CCC1N. The van der Waals surface area contributed by atoms with Crippen LogP contribution in [-0.2, 0) is 0 Å². The molecule has 2 rings (SSSR count). The summed E-state index contributed by atoms with van der Waals surface area (Å²) in [5, 5.41) is 0. The van der Waals surface area contributed by atoms with E-state index in [1.165, 1.54) is 38.8 Å². The van der Waals surface area contributed by atoms with Crippen molar-refractivity contribution in [1.82, 2.24) is 4.90 Å². The van der Waals surface area contributed by atoms with E-state index in [1.54, 1.807) is 0 Å². The molecule has 12 heavy (non-hydrogen) atoms. The average Bonchev–Trinajstić information content (AvgIpc) is 2.88. The van der Waals surface area contributed by atoms with E-state index in [9.17, 15) is 0 Å². The van der Waals surface area contributed by atoms with Gasteiger partial charge in [0.25, 0.3) is 0 Å². The molecular formula is C10H20N2. The number of likely N-dealkylation sites (tertiary alicyclic amines) is 1. The minimum Gasteiger partial charge on any atom is -0.327 e. The molecule has 2 unspecified atom stereocenters. The molecular weight excluding hydrogens is 148 g/mol. The summed E-state index contributed by atoms with van der Waals surface area (Å²) >= 11 is 0. The Morgan fingerprint density at radius 3 is 2.67 bits per heavy atom. The van der Waals surface area contributed by atoms with Crippen molar-refractivity contribution in [3.8, 4) is 0 Å². The number of hydrogen-bond acceptors (Lipinski definition) is 2. The highest BCUT2D eigenvalue weighted by molar-refractivity contribution is 4.91. The van der Waals surface area contributed by atoms with E-state index in [0.717, 1.165) is 12.0 Å². The van der Waals surface area contributed by atoms with Crippen LogP contribution in [0.5, 0.6) is 0 Å². The average molecular weight is 168 g/mol. The van der Waals surface area contributed by atoms with Crippen molar-refractivity contribution >= 4 is 0 Å². The van der Waals surface area contributed by atoms with Gasteiger partial charge in [0, 0.05) is 18.6 Å². The van der Waals surface area contributed by atoms with Gasteiger partial charge in [0.05, 0.1) is 0 Å². The van der Waals surface area contributed by atoms with Crippen LogP contribution in [0.1, 0.15) is 32.6 Å². The van der Waals surface area contributed by atoms with Gasteiger partial charge in [-0.15, -0.1) is 0 Å². The number of piperidine rings is 1. The molecule has 2 heteroatoms. The predicted octanol–water partition coefficient (Wildman–Crippen LogP) is 1.21. The summed E-state index contributed by atoms with van der Waals surface area (Å²) in [6.07, 6.45) is 5.34. The van der Waals surface area contributed by atoms with Gasteiger partial charge in [-0.1, -0.05) is 13.3 Å². The normalized spacial score (nSPS) is 38.5. The monoisotopic (exact) mass is 168 g/mol. The van der Waals surface area contributed by atoms with Crippen molar-refractivity contribution < 1.29 is 0 Å². The largest absolute Gasteiger partial charge is 0.327 e. The van der Waals surface area contributed by atoms with Crippen LogP contribution in [0.4, 0.5) is 0 Å². The van der Waals surface area contributed by atoms with E-state index in [-0.39, 0.29) is 0 Å². The standard InChI is InChI=1S/C10H20N2/c1-2-8-7-12(9-3-4-9)6-5-10(8)11/h8-10H,2-7,11H2,1H3. The number of nitrogens with zero attached hydrogens (tertiary/aromatic N) is 1. The maximum absolute atomic E-state index is 6.05. The van der Waals surface area contributed by atoms with Crippen LogP contribution >= 0.6 is 0 Å². The zero-order valence-electron chi connectivity index (χ0n) is 8.00. The second kappa shape index (κ2) is 3.35. The molecule has 2 N–H and O–H groups in total. The molecule has 0 spiro atoms. The maximum Gasteiger partial charge on any atom is 0.00965 e. The van der Waals surface area contributed by atoms with Gasteiger partial charge in [-0.05, 0) is 31.7 Å². The molecule has 0 bridgehead atoms. The van der Waals surface area contributed by atoms with Gasteiger partial charge >= 0.3 is 0 Å². The highest BCUT2D eigenvalue weighted by Crippen LogP contribution is 2.31. The molecule has 0 radical (unpaired) electrons. The van der Waals surface area contributed by atoms with Gasteiger partial charge in [0.1, 0.15) is 0 Å². The van der Waals surface area contributed by atoms with Gasteiger partial charge in [-0.2, -0.15) is 0 Å². The fourth-order valence-electron chi connectivity index (χ4n) is 2.28. The van der Waals surface area contributed by atoms with Crippen LogP contribution in [0.15, 0.2) is 0 Å². The maximum atomic E-state index is 6.05. The third-order valence-corrected chi connectivity index (χ3v) is 3.41. The van der Waals surface area contributed by atoms with Crippen molar-refractivity contribution in [3.63, 3.8) is 0 Å². The summed E-state index contributed by atoms with van der Waals surface area (Å²) in [5.74, 6) is 0.763. The molecule has 0 aromatic heterocycles.